The Morgan fingerprint density at radius 3 is 1.20 bits per heavy atom. The van der Waals surface area contributed by atoms with Gasteiger partial charge in [-0.1, -0.05) is 0 Å². The van der Waals surface area contributed by atoms with Gasteiger partial charge in [-0.2, -0.15) is 0 Å². The van der Waals surface area contributed by atoms with Gasteiger partial charge in [-0.15, -0.1) is 0 Å². The first-order chi connectivity index (χ1) is 2.00. The summed E-state index contributed by atoms with van der Waals surface area (Å²) in [7, 11) is 0. The van der Waals surface area contributed by atoms with Crippen molar-refractivity contribution in [2.24, 2.45) is 0 Å². The second kappa shape index (κ2) is 3.26. The predicted octanol–water partition coefficient (Wildman–Crippen LogP) is 3.50. The Kier molecular flexibility index (Phi) is 5.34. The van der Waals surface area contributed by atoms with E-state index in [1.165, 1.54) is 0 Å². The molecule has 0 rings (SSSR count). The molecule has 0 spiro atoms. The molecule has 5 heavy (non-hydrogen) atoms. The van der Waals surface area contributed by atoms with E-state index < -0.39 is 1.29 Å². The Morgan fingerprint density at radius 1 is 1.20 bits per heavy atom. The van der Waals surface area contributed by atoms with Gasteiger partial charge in [0.05, 0.1) is 0 Å². The average molecular weight is 516 g/mol. The van der Waals surface area contributed by atoms with E-state index in [1.807, 2.05) is 0 Å². The summed E-state index contributed by atoms with van der Waals surface area (Å²) in [5, 5.41) is 0. The first-order valence-electron chi connectivity index (χ1n) is 0.535. The SMILES string of the molecule is [Br][Fe-]([I])([I])[I]. The first-order valence-corrected chi connectivity index (χ1v) is 14.0. The Bertz CT molecular complexity index is 22.4. The molecule has 0 nitrogen and oxygen atoms in total. The van der Waals surface area contributed by atoms with Gasteiger partial charge < -0.3 is 0 Å². The van der Waals surface area contributed by atoms with E-state index in [1.54, 1.807) is 0 Å². The maximum absolute atomic E-state index is 3.46. The molecule has 37 valence electrons. The van der Waals surface area contributed by atoms with Gasteiger partial charge in [0.15, 0.2) is 0 Å². The summed E-state index contributed by atoms with van der Waals surface area (Å²) in [4.78, 5) is 0. The third-order valence-electron chi connectivity index (χ3n) is 0. The fraction of sp³-hybridized carbons (Fsp3) is 0. The summed E-state index contributed by atoms with van der Waals surface area (Å²) in [5.41, 5.74) is 0. The zero-order valence-corrected chi connectivity index (χ0v) is 11.0. The van der Waals surface area contributed by atoms with E-state index in [2.05, 4.69) is 75.1 Å². The monoisotopic (exact) mass is 516 g/mol. The van der Waals surface area contributed by atoms with Crippen molar-refractivity contribution in [3.05, 3.63) is 0 Å². The predicted molar refractivity (Wildman–Crippen MR) is 51.0 cm³/mol. The summed E-state index contributed by atoms with van der Waals surface area (Å²) < 4.78 is -0.778. The van der Waals surface area contributed by atoms with Crippen LogP contribution in [0.1, 0.15) is 0 Å². The number of rotatable bonds is 0. The molecule has 5 heteroatoms. The van der Waals surface area contributed by atoms with Gasteiger partial charge in [0.25, 0.3) is 0 Å². The van der Waals surface area contributed by atoms with Gasteiger partial charge in [0.1, 0.15) is 0 Å². The van der Waals surface area contributed by atoms with Gasteiger partial charge in [-0.05, 0) is 0 Å². The Labute approximate surface area is 74.4 Å². The zero-order chi connectivity index (χ0) is 4.50. The van der Waals surface area contributed by atoms with Gasteiger partial charge in [0, 0.05) is 0 Å². The topological polar surface area (TPSA) is 0 Å². The summed E-state index contributed by atoms with van der Waals surface area (Å²) in [6.07, 6.45) is 0. The molecule has 0 aliphatic carbocycles. The Morgan fingerprint density at radius 2 is 1.20 bits per heavy atom. The van der Waals surface area contributed by atoms with Crippen LogP contribution in [0.2, 0.25) is 0 Å². The third-order valence-corrected chi connectivity index (χ3v) is 0. The van der Waals surface area contributed by atoms with Crippen molar-refractivity contribution in [1.29, 1.82) is 0 Å². The summed E-state index contributed by atoms with van der Waals surface area (Å²) in [5.74, 6) is 0. The van der Waals surface area contributed by atoms with E-state index in [0.717, 1.165) is 0 Å². The summed E-state index contributed by atoms with van der Waals surface area (Å²) in [6, 6.07) is 0. The van der Waals surface area contributed by atoms with Gasteiger partial charge >= 0.3 is 76.4 Å². The van der Waals surface area contributed by atoms with Gasteiger partial charge in [-0.25, -0.2) is 0 Å². The minimum atomic E-state index is -0.778. The molecule has 0 bridgehead atoms. The molecule has 0 aliphatic heterocycles. The third kappa shape index (κ3) is 19.0. The van der Waals surface area contributed by atoms with Crippen LogP contribution in [0.5, 0.6) is 0 Å². The first kappa shape index (κ1) is 8.19. The average Bonchev–Trinajstić information content (AvgIpc) is 0.722. The molecule has 0 aromatic carbocycles. The van der Waals surface area contributed by atoms with E-state index in [4.69, 9.17) is 0 Å². The molecular weight excluding hydrogens is 516 g/mol. The van der Waals surface area contributed by atoms with Crippen molar-refractivity contribution < 1.29 is 1.29 Å². The molecular formula is BrFeI3-. The molecule has 0 atom stereocenters. The second-order valence-electron chi connectivity index (χ2n) is 0.303. The van der Waals surface area contributed by atoms with Crippen LogP contribution in [0.25, 0.3) is 0 Å². The molecule has 0 N–H and O–H groups in total. The summed E-state index contributed by atoms with van der Waals surface area (Å²) >= 11 is 10.6. The minimum absolute atomic E-state index is 0.778. The molecule has 0 saturated heterocycles. The van der Waals surface area contributed by atoms with Gasteiger partial charge in [-0.3, -0.25) is 0 Å². The van der Waals surface area contributed by atoms with E-state index in [9.17, 15) is 0 Å². The van der Waals surface area contributed by atoms with Crippen LogP contribution in [0.15, 0.2) is 0 Å². The van der Waals surface area contributed by atoms with Crippen LogP contribution in [0, 0.1) is 0 Å². The van der Waals surface area contributed by atoms with Gasteiger partial charge in [0.2, 0.25) is 0 Å². The van der Waals surface area contributed by atoms with Crippen LogP contribution in [0.4, 0.5) is 0 Å². The van der Waals surface area contributed by atoms with Crippen LogP contribution in [-0.2, 0) is 1.29 Å². The van der Waals surface area contributed by atoms with E-state index >= 15 is 0 Å². The number of hydrogen-bond acceptors (Lipinski definition) is 0. The van der Waals surface area contributed by atoms with Crippen LogP contribution in [-0.4, -0.2) is 0 Å². The quantitative estimate of drug-likeness (QED) is 0.342. The second-order valence-corrected chi connectivity index (χ2v) is 49.9. The molecule has 0 aromatic heterocycles. The molecule has 0 radical (unpaired) electrons. The Balaban J connectivity index is 3.02. The molecule has 0 amide bonds. The Hall–Kier alpha value is 3.19. The maximum atomic E-state index is 3.46. The molecule has 0 aromatic rings. The van der Waals surface area contributed by atoms with Crippen molar-refractivity contribution in [2.45, 2.75) is 0 Å². The molecule has 0 heterocycles. The molecule has 0 aliphatic rings. The van der Waals surface area contributed by atoms with Crippen LogP contribution < -0.4 is 0 Å². The molecule has 0 saturated carbocycles. The fourth-order valence-corrected chi connectivity index (χ4v) is 0. The standard InChI is InChI=1S/BrH.Fe.3HI/h1H;;3*1H/q;+3;;;/p-4. The van der Waals surface area contributed by atoms with E-state index in [0.29, 0.717) is 0 Å². The molecule has 0 fully saturated rings. The number of hydrogen-bond donors (Lipinski definition) is 0. The fourth-order valence-electron chi connectivity index (χ4n) is 0. The van der Waals surface area contributed by atoms with Crippen molar-refractivity contribution in [1.82, 2.24) is 0 Å². The van der Waals surface area contributed by atoms with Crippen molar-refractivity contribution in [3.8, 4) is 0 Å². The summed E-state index contributed by atoms with van der Waals surface area (Å²) in [6.45, 7) is 0. The van der Waals surface area contributed by atoms with E-state index in [-0.39, 0.29) is 0 Å². The van der Waals surface area contributed by atoms with Crippen molar-refractivity contribution in [2.75, 3.05) is 0 Å². The normalized spacial score (nSPS) is 15.2. The van der Waals surface area contributed by atoms with Crippen LogP contribution >= 0.6 is 75.1 Å². The van der Waals surface area contributed by atoms with Crippen molar-refractivity contribution >= 4 is 75.1 Å². The van der Waals surface area contributed by atoms with Crippen LogP contribution in [0.3, 0.4) is 0 Å². The van der Waals surface area contributed by atoms with Crippen molar-refractivity contribution in [3.63, 3.8) is 0 Å². The molecule has 0 unspecified atom stereocenters. The number of halogens is 4. The zero-order valence-electron chi connectivity index (χ0n) is 1.87.